The van der Waals surface area contributed by atoms with Crippen LogP contribution in [0.4, 0.5) is 4.39 Å². The van der Waals surface area contributed by atoms with Crippen molar-refractivity contribution in [1.29, 1.82) is 0 Å². The highest BCUT2D eigenvalue weighted by Gasteiger charge is 2.13. The van der Waals surface area contributed by atoms with E-state index in [1.807, 2.05) is 0 Å². The molecule has 0 aliphatic carbocycles. The molecule has 1 fully saturated rings. The highest BCUT2D eigenvalue weighted by atomic mass is 19.1. The second kappa shape index (κ2) is 8.31. The Labute approximate surface area is 162 Å². The van der Waals surface area contributed by atoms with Crippen LogP contribution in [0, 0.1) is 5.82 Å². The van der Waals surface area contributed by atoms with E-state index < -0.39 is 0 Å². The molecule has 144 valence electrons. The smallest absolute Gasteiger partial charge is 0.258 e. The molecule has 0 bridgehead atoms. The summed E-state index contributed by atoms with van der Waals surface area (Å²) in [5.74, 6) is 0.323. The van der Waals surface area contributed by atoms with Crippen LogP contribution in [0.5, 0.6) is 0 Å². The standard InChI is InChI=1S/C21H21FN4O2/c22-18-9-7-15(8-10-18)19-24-21(28-25-19)17-5-3-16(4-6-17)20(27)23-11-14-26-12-1-2-13-26/h3-10H,1-2,11-14H2,(H,23,27). The topological polar surface area (TPSA) is 71.3 Å². The summed E-state index contributed by atoms with van der Waals surface area (Å²) in [5.41, 5.74) is 1.98. The fraction of sp³-hybridized carbons (Fsp3) is 0.286. The number of hydrogen-bond donors (Lipinski definition) is 1. The van der Waals surface area contributed by atoms with Crippen LogP contribution in [0.2, 0.25) is 0 Å². The molecular weight excluding hydrogens is 359 g/mol. The summed E-state index contributed by atoms with van der Waals surface area (Å²) in [5, 5.41) is 6.89. The van der Waals surface area contributed by atoms with Crippen molar-refractivity contribution >= 4 is 5.91 Å². The summed E-state index contributed by atoms with van der Waals surface area (Å²) < 4.78 is 18.3. The van der Waals surface area contributed by atoms with Crippen molar-refractivity contribution in [3.8, 4) is 22.8 Å². The van der Waals surface area contributed by atoms with Crippen molar-refractivity contribution in [2.24, 2.45) is 0 Å². The number of nitrogens with zero attached hydrogens (tertiary/aromatic N) is 3. The number of nitrogens with one attached hydrogen (secondary N) is 1. The predicted octanol–water partition coefficient (Wildman–Crippen LogP) is 3.37. The number of likely N-dealkylation sites (tertiary alicyclic amines) is 1. The van der Waals surface area contributed by atoms with Crippen LogP contribution < -0.4 is 5.32 Å². The summed E-state index contributed by atoms with van der Waals surface area (Å²) in [6.07, 6.45) is 2.49. The Kier molecular flexibility index (Phi) is 5.43. The van der Waals surface area contributed by atoms with E-state index in [4.69, 9.17) is 4.52 Å². The molecule has 1 aliphatic heterocycles. The summed E-state index contributed by atoms with van der Waals surface area (Å²) in [7, 11) is 0. The van der Waals surface area contributed by atoms with Gasteiger partial charge in [-0.2, -0.15) is 4.98 Å². The number of carbonyl (C=O) groups is 1. The third-order valence-corrected chi connectivity index (χ3v) is 4.83. The molecule has 6 nitrogen and oxygen atoms in total. The van der Waals surface area contributed by atoms with Crippen LogP contribution in [0.15, 0.2) is 53.1 Å². The zero-order valence-corrected chi connectivity index (χ0v) is 15.4. The Hall–Kier alpha value is -3.06. The van der Waals surface area contributed by atoms with Crippen LogP contribution in [0.25, 0.3) is 22.8 Å². The molecular formula is C21H21FN4O2. The van der Waals surface area contributed by atoms with Gasteiger partial charge in [0.1, 0.15) is 5.82 Å². The molecule has 0 radical (unpaired) electrons. The van der Waals surface area contributed by atoms with Gasteiger partial charge in [0.2, 0.25) is 5.82 Å². The van der Waals surface area contributed by atoms with E-state index in [2.05, 4.69) is 20.4 Å². The molecule has 1 aliphatic rings. The van der Waals surface area contributed by atoms with Gasteiger partial charge in [-0.15, -0.1) is 0 Å². The minimum atomic E-state index is -0.318. The Morgan fingerprint density at radius 2 is 1.71 bits per heavy atom. The van der Waals surface area contributed by atoms with Crippen molar-refractivity contribution in [1.82, 2.24) is 20.4 Å². The molecule has 3 aromatic rings. The van der Waals surface area contributed by atoms with Crippen LogP contribution in [0.1, 0.15) is 23.2 Å². The molecule has 0 unspecified atom stereocenters. The maximum atomic E-state index is 13.0. The number of carbonyl (C=O) groups excluding carboxylic acids is 1. The fourth-order valence-electron chi connectivity index (χ4n) is 3.26. The van der Waals surface area contributed by atoms with E-state index in [1.165, 1.54) is 25.0 Å². The van der Waals surface area contributed by atoms with Crippen molar-refractivity contribution in [2.45, 2.75) is 12.8 Å². The van der Waals surface area contributed by atoms with Crippen molar-refractivity contribution in [2.75, 3.05) is 26.2 Å². The van der Waals surface area contributed by atoms with E-state index in [0.29, 0.717) is 29.4 Å². The molecule has 1 aromatic heterocycles. The number of rotatable bonds is 6. The van der Waals surface area contributed by atoms with Crippen molar-refractivity contribution < 1.29 is 13.7 Å². The van der Waals surface area contributed by atoms with Gasteiger partial charge in [0.05, 0.1) is 0 Å². The number of benzene rings is 2. The third-order valence-electron chi connectivity index (χ3n) is 4.83. The molecule has 2 heterocycles. The normalized spacial score (nSPS) is 14.3. The summed E-state index contributed by atoms with van der Waals surface area (Å²) in [4.78, 5) is 19.0. The Balaban J connectivity index is 1.37. The molecule has 1 N–H and O–H groups in total. The lowest BCUT2D eigenvalue weighted by atomic mass is 10.1. The van der Waals surface area contributed by atoms with Gasteiger partial charge in [-0.3, -0.25) is 4.79 Å². The lowest BCUT2D eigenvalue weighted by Gasteiger charge is -2.14. The molecule has 28 heavy (non-hydrogen) atoms. The Morgan fingerprint density at radius 3 is 2.43 bits per heavy atom. The molecule has 0 saturated carbocycles. The molecule has 7 heteroatoms. The van der Waals surface area contributed by atoms with Crippen LogP contribution in [-0.2, 0) is 0 Å². The summed E-state index contributed by atoms with van der Waals surface area (Å²) in [6, 6.07) is 12.9. The average molecular weight is 380 g/mol. The van der Waals surface area contributed by atoms with Gasteiger partial charge in [0.25, 0.3) is 11.8 Å². The number of halogens is 1. The highest BCUT2D eigenvalue weighted by molar-refractivity contribution is 5.94. The first-order chi connectivity index (χ1) is 13.7. The lowest BCUT2D eigenvalue weighted by molar-refractivity contribution is 0.0950. The number of aromatic nitrogens is 2. The summed E-state index contributed by atoms with van der Waals surface area (Å²) in [6.45, 7) is 3.77. The number of hydrogen-bond acceptors (Lipinski definition) is 5. The molecule has 1 saturated heterocycles. The summed E-state index contributed by atoms with van der Waals surface area (Å²) >= 11 is 0. The monoisotopic (exact) mass is 380 g/mol. The first-order valence-corrected chi connectivity index (χ1v) is 9.40. The zero-order valence-electron chi connectivity index (χ0n) is 15.4. The van der Waals surface area contributed by atoms with Crippen molar-refractivity contribution in [3.05, 3.63) is 59.9 Å². The van der Waals surface area contributed by atoms with E-state index in [9.17, 15) is 9.18 Å². The van der Waals surface area contributed by atoms with Crippen molar-refractivity contribution in [3.63, 3.8) is 0 Å². The van der Waals surface area contributed by atoms with Gasteiger partial charge in [0.15, 0.2) is 0 Å². The minimum absolute atomic E-state index is 0.0942. The molecule has 0 spiro atoms. The lowest BCUT2D eigenvalue weighted by Crippen LogP contribution is -2.33. The highest BCUT2D eigenvalue weighted by Crippen LogP contribution is 2.22. The van der Waals surface area contributed by atoms with E-state index in [1.54, 1.807) is 36.4 Å². The maximum Gasteiger partial charge on any atom is 0.258 e. The maximum absolute atomic E-state index is 13.0. The van der Waals surface area contributed by atoms with Crippen LogP contribution in [-0.4, -0.2) is 47.1 Å². The quantitative estimate of drug-likeness (QED) is 0.710. The minimum Gasteiger partial charge on any atom is -0.351 e. The van der Waals surface area contributed by atoms with Gasteiger partial charge in [0, 0.05) is 29.8 Å². The first-order valence-electron chi connectivity index (χ1n) is 9.40. The second-order valence-electron chi connectivity index (χ2n) is 6.81. The van der Waals surface area contributed by atoms with E-state index >= 15 is 0 Å². The zero-order chi connectivity index (χ0) is 19.3. The second-order valence-corrected chi connectivity index (χ2v) is 6.81. The average Bonchev–Trinajstić information content (AvgIpc) is 3.41. The Bertz CT molecular complexity index is 932. The van der Waals surface area contributed by atoms with E-state index in [0.717, 1.165) is 25.2 Å². The fourth-order valence-corrected chi connectivity index (χ4v) is 3.26. The van der Waals surface area contributed by atoms with Gasteiger partial charge >= 0.3 is 0 Å². The van der Waals surface area contributed by atoms with Gasteiger partial charge < -0.3 is 14.7 Å². The van der Waals surface area contributed by atoms with Gasteiger partial charge in [-0.05, 0) is 74.5 Å². The first kappa shape index (κ1) is 18.3. The molecule has 2 aromatic carbocycles. The van der Waals surface area contributed by atoms with Crippen LogP contribution in [0.3, 0.4) is 0 Å². The molecule has 1 amide bonds. The Morgan fingerprint density at radius 1 is 1.04 bits per heavy atom. The number of amides is 1. The molecule has 4 rings (SSSR count). The van der Waals surface area contributed by atoms with Crippen LogP contribution >= 0.6 is 0 Å². The van der Waals surface area contributed by atoms with Gasteiger partial charge in [-0.1, -0.05) is 5.16 Å². The van der Waals surface area contributed by atoms with Gasteiger partial charge in [-0.25, -0.2) is 4.39 Å². The molecule has 0 atom stereocenters. The largest absolute Gasteiger partial charge is 0.351 e. The predicted molar refractivity (Wildman–Crippen MR) is 103 cm³/mol. The SMILES string of the molecule is O=C(NCCN1CCCC1)c1ccc(-c2nc(-c3ccc(F)cc3)no2)cc1. The third kappa shape index (κ3) is 4.26. The van der Waals surface area contributed by atoms with E-state index in [-0.39, 0.29) is 11.7 Å².